The largest absolute Gasteiger partial charge is 0.494 e. The smallest absolute Gasteiger partial charge is 0.191 e. The molecule has 0 bridgehead atoms. The summed E-state index contributed by atoms with van der Waals surface area (Å²) in [6.45, 7) is 7.21. The van der Waals surface area contributed by atoms with Gasteiger partial charge in [-0.1, -0.05) is 12.1 Å². The quantitative estimate of drug-likeness (QED) is 0.414. The fourth-order valence-electron chi connectivity index (χ4n) is 2.46. The van der Waals surface area contributed by atoms with Gasteiger partial charge in [0.05, 0.1) is 6.61 Å². The highest BCUT2D eigenvalue weighted by molar-refractivity contribution is 5.79. The molecule has 0 unspecified atom stereocenters. The Hall–Kier alpha value is -2.57. The number of nitrogens with zero attached hydrogens (tertiary/aromatic N) is 4. The van der Waals surface area contributed by atoms with Gasteiger partial charge >= 0.3 is 0 Å². The number of ether oxygens (including phenoxy) is 1. The fourth-order valence-corrected chi connectivity index (χ4v) is 2.46. The first-order chi connectivity index (χ1) is 12.2. The lowest BCUT2D eigenvalue weighted by Crippen LogP contribution is -2.37. The van der Waals surface area contributed by atoms with E-state index in [-0.39, 0.29) is 0 Å². The van der Waals surface area contributed by atoms with Crippen LogP contribution in [0, 0.1) is 6.92 Å². The van der Waals surface area contributed by atoms with Crippen LogP contribution in [0.2, 0.25) is 0 Å². The zero-order chi connectivity index (χ0) is 17.9. The minimum Gasteiger partial charge on any atom is -0.494 e. The molecule has 0 aliphatic rings. The van der Waals surface area contributed by atoms with Crippen molar-refractivity contribution < 1.29 is 4.74 Å². The third-order valence-corrected chi connectivity index (χ3v) is 3.79. The number of aromatic nitrogens is 3. The van der Waals surface area contributed by atoms with Gasteiger partial charge in [0.2, 0.25) is 0 Å². The second-order valence-corrected chi connectivity index (χ2v) is 5.80. The molecule has 0 saturated carbocycles. The van der Waals surface area contributed by atoms with Gasteiger partial charge in [-0.2, -0.15) is 0 Å². The Kier molecular flexibility index (Phi) is 7.75. The number of aryl methyl sites for hydroxylation is 2. The second-order valence-electron chi connectivity index (χ2n) is 5.80. The van der Waals surface area contributed by atoms with Crippen molar-refractivity contribution in [3.63, 3.8) is 0 Å². The van der Waals surface area contributed by atoms with Crippen LogP contribution in [0.15, 0.2) is 35.8 Å². The van der Waals surface area contributed by atoms with Crippen molar-refractivity contribution in [3.05, 3.63) is 42.0 Å². The zero-order valence-corrected chi connectivity index (χ0v) is 15.3. The van der Waals surface area contributed by atoms with E-state index in [1.807, 2.05) is 11.5 Å². The van der Waals surface area contributed by atoms with E-state index in [1.54, 1.807) is 19.7 Å². The summed E-state index contributed by atoms with van der Waals surface area (Å²) in [6, 6.07) is 6.27. The van der Waals surface area contributed by atoms with Crippen LogP contribution in [-0.2, 0) is 13.1 Å². The molecule has 0 saturated heterocycles. The van der Waals surface area contributed by atoms with E-state index in [0.717, 1.165) is 43.2 Å². The van der Waals surface area contributed by atoms with E-state index >= 15 is 0 Å². The number of nitrogens with one attached hydrogen (secondary N) is 2. The fraction of sp³-hybridized carbons (Fsp3) is 0.500. The summed E-state index contributed by atoms with van der Waals surface area (Å²) in [5.41, 5.74) is 2.32. The van der Waals surface area contributed by atoms with Gasteiger partial charge in [0, 0.05) is 32.2 Å². The number of hydrogen-bond donors (Lipinski definition) is 2. The van der Waals surface area contributed by atoms with Crippen molar-refractivity contribution in [1.29, 1.82) is 0 Å². The molecule has 0 aliphatic heterocycles. The molecule has 1 aromatic carbocycles. The average Bonchev–Trinajstić information content (AvgIpc) is 3.12. The van der Waals surface area contributed by atoms with Gasteiger partial charge in [0.25, 0.3) is 0 Å². The first-order valence-electron chi connectivity index (χ1n) is 8.72. The van der Waals surface area contributed by atoms with E-state index < -0.39 is 0 Å². The van der Waals surface area contributed by atoms with Gasteiger partial charge in [-0.05, 0) is 38.3 Å². The first-order valence-corrected chi connectivity index (χ1v) is 8.72. The number of aliphatic imine (C=N–C) groups is 1. The van der Waals surface area contributed by atoms with Crippen LogP contribution in [0.3, 0.4) is 0 Å². The van der Waals surface area contributed by atoms with Crippen molar-refractivity contribution in [2.45, 2.75) is 39.8 Å². The Morgan fingerprint density at radius 3 is 2.72 bits per heavy atom. The van der Waals surface area contributed by atoms with Crippen LogP contribution in [0.4, 0.5) is 0 Å². The lowest BCUT2D eigenvalue weighted by atomic mass is 10.1. The molecule has 2 rings (SSSR count). The van der Waals surface area contributed by atoms with Crippen molar-refractivity contribution in [2.75, 3.05) is 20.2 Å². The van der Waals surface area contributed by atoms with Crippen LogP contribution in [0.25, 0.3) is 0 Å². The number of unbranched alkanes of at least 4 members (excludes halogenated alkanes) is 1. The molecule has 2 aromatic rings. The molecule has 0 radical (unpaired) electrons. The van der Waals surface area contributed by atoms with Crippen LogP contribution < -0.4 is 15.4 Å². The molecule has 136 valence electrons. The van der Waals surface area contributed by atoms with Crippen LogP contribution >= 0.6 is 0 Å². The molecule has 0 aliphatic carbocycles. The highest BCUT2D eigenvalue weighted by Gasteiger charge is 2.05. The SMILES string of the molecule is CCOc1cc(C)ccc1CNC(=NC)NCCCCn1cnnc1. The molecule has 0 spiro atoms. The molecule has 7 nitrogen and oxygen atoms in total. The standard InChI is InChI=1S/C18H28N6O/c1-4-25-17-11-15(2)7-8-16(17)12-21-18(19-3)20-9-5-6-10-24-13-22-23-14-24/h7-8,11,13-14H,4-6,9-10,12H2,1-3H3,(H2,19,20,21). The Bertz CT molecular complexity index is 654. The van der Waals surface area contributed by atoms with Gasteiger partial charge in [-0.25, -0.2) is 0 Å². The molecule has 7 heteroatoms. The van der Waals surface area contributed by atoms with Gasteiger partial charge < -0.3 is 19.9 Å². The molecule has 0 atom stereocenters. The number of rotatable bonds is 9. The van der Waals surface area contributed by atoms with Crippen molar-refractivity contribution in [3.8, 4) is 5.75 Å². The van der Waals surface area contributed by atoms with E-state index in [4.69, 9.17) is 4.74 Å². The minimum absolute atomic E-state index is 0.663. The first kappa shape index (κ1) is 18.8. The highest BCUT2D eigenvalue weighted by atomic mass is 16.5. The van der Waals surface area contributed by atoms with Gasteiger partial charge in [-0.15, -0.1) is 10.2 Å². The summed E-state index contributed by atoms with van der Waals surface area (Å²) >= 11 is 0. The monoisotopic (exact) mass is 344 g/mol. The molecular weight excluding hydrogens is 316 g/mol. The number of benzene rings is 1. The Labute approximate surface area is 149 Å². The highest BCUT2D eigenvalue weighted by Crippen LogP contribution is 2.20. The van der Waals surface area contributed by atoms with Gasteiger partial charge in [0.1, 0.15) is 18.4 Å². The molecule has 1 aromatic heterocycles. The third-order valence-electron chi connectivity index (χ3n) is 3.79. The van der Waals surface area contributed by atoms with Gasteiger partial charge in [0.15, 0.2) is 5.96 Å². The molecule has 0 amide bonds. The van der Waals surface area contributed by atoms with Crippen molar-refractivity contribution in [2.24, 2.45) is 4.99 Å². The Balaban J connectivity index is 1.73. The maximum Gasteiger partial charge on any atom is 0.191 e. The van der Waals surface area contributed by atoms with E-state index in [2.05, 4.69) is 50.9 Å². The predicted octanol–water partition coefficient (Wildman–Crippen LogP) is 2.13. The molecule has 25 heavy (non-hydrogen) atoms. The summed E-state index contributed by atoms with van der Waals surface area (Å²) in [5.74, 6) is 1.73. The van der Waals surface area contributed by atoms with Gasteiger partial charge in [-0.3, -0.25) is 4.99 Å². The minimum atomic E-state index is 0.663. The van der Waals surface area contributed by atoms with E-state index in [0.29, 0.717) is 13.2 Å². The summed E-state index contributed by atoms with van der Waals surface area (Å²) in [4.78, 5) is 4.27. The Morgan fingerprint density at radius 1 is 1.20 bits per heavy atom. The summed E-state index contributed by atoms with van der Waals surface area (Å²) < 4.78 is 7.71. The zero-order valence-electron chi connectivity index (χ0n) is 15.3. The predicted molar refractivity (Wildman–Crippen MR) is 99.8 cm³/mol. The van der Waals surface area contributed by atoms with Crippen molar-refractivity contribution >= 4 is 5.96 Å². The average molecular weight is 344 g/mol. The summed E-state index contributed by atoms with van der Waals surface area (Å²) in [5, 5.41) is 14.3. The van der Waals surface area contributed by atoms with Crippen LogP contribution in [0.1, 0.15) is 30.9 Å². The van der Waals surface area contributed by atoms with E-state index in [9.17, 15) is 0 Å². The summed E-state index contributed by atoms with van der Waals surface area (Å²) in [7, 11) is 1.78. The maximum atomic E-state index is 5.72. The Morgan fingerprint density at radius 2 is 2.00 bits per heavy atom. The molecule has 2 N–H and O–H groups in total. The summed E-state index contributed by atoms with van der Waals surface area (Å²) in [6.07, 6.45) is 5.60. The second kappa shape index (κ2) is 10.3. The maximum absolute atomic E-state index is 5.72. The lowest BCUT2D eigenvalue weighted by Gasteiger charge is -2.15. The van der Waals surface area contributed by atoms with Crippen LogP contribution in [0.5, 0.6) is 5.75 Å². The third kappa shape index (κ3) is 6.45. The normalized spacial score (nSPS) is 11.4. The number of hydrogen-bond acceptors (Lipinski definition) is 4. The van der Waals surface area contributed by atoms with E-state index in [1.165, 1.54) is 5.56 Å². The van der Waals surface area contributed by atoms with Crippen LogP contribution in [-0.4, -0.2) is 40.9 Å². The lowest BCUT2D eigenvalue weighted by molar-refractivity contribution is 0.336. The number of guanidine groups is 1. The van der Waals surface area contributed by atoms with Crippen molar-refractivity contribution in [1.82, 2.24) is 25.4 Å². The molecule has 1 heterocycles. The molecular formula is C18H28N6O. The topological polar surface area (TPSA) is 76.4 Å². The molecule has 0 fully saturated rings.